The van der Waals surface area contributed by atoms with Crippen molar-refractivity contribution in [3.8, 4) is 0 Å². The van der Waals surface area contributed by atoms with E-state index in [1.54, 1.807) is 0 Å². The van der Waals surface area contributed by atoms with E-state index in [0.717, 1.165) is 6.42 Å². The molecule has 0 aromatic rings. The molecule has 1 aliphatic heterocycles. The van der Waals surface area contributed by atoms with Crippen LogP contribution in [0.4, 0.5) is 0 Å². The van der Waals surface area contributed by atoms with Crippen molar-refractivity contribution >= 4 is 17.8 Å². The van der Waals surface area contributed by atoms with Crippen LogP contribution < -0.4 is 5.73 Å². The van der Waals surface area contributed by atoms with Gasteiger partial charge >= 0.3 is 5.97 Å². The fraction of sp³-hybridized carbons (Fsp3) is 0.812. The highest BCUT2D eigenvalue weighted by Crippen LogP contribution is 2.12. The van der Waals surface area contributed by atoms with Crippen LogP contribution >= 0.6 is 0 Å². The fourth-order valence-corrected chi connectivity index (χ4v) is 1.95. The lowest BCUT2D eigenvalue weighted by Crippen LogP contribution is -2.32. The van der Waals surface area contributed by atoms with E-state index in [0.29, 0.717) is 57.9 Å². The van der Waals surface area contributed by atoms with Crippen LogP contribution in [0.3, 0.4) is 0 Å². The predicted octanol–water partition coefficient (Wildman–Crippen LogP) is -0.601. The smallest absolute Gasteiger partial charge is 0.335 e. The molecule has 10 nitrogen and oxygen atoms in total. The molecule has 1 aliphatic rings. The van der Waals surface area contributed by atoms with Crippen molar-refractivity contribution in [2.45, 2.75) is 25.7 Å². The third kappa shape index (κ3) is 10.4. The predicted molar refractivity (Wildman–Crippen MR) is 88.7 cm³/mol. The Morgan fingerprint density at radius 2 is 1.31 bits per heavy atom. The number of hydrogen-bond acceptors (Lipinski definition) is 9. The summed E-state index contributed by atoms with van der Waals surface area (Å²) in [5, 5.41) is 0.526. The molecule has 0 aromatic heterocycles. The number of carbonyl (C=O) groups excluding carboxylic acids is 3. The van der Waals surface area contributed by atoms with E-state index in [9.17, 15) is 14.4 Å². The summed E-state index contributed by atoms with van der Waals surface area (Å²) in [7, 11) is 0. The molecule has 0 unspecified atom stereocenters. The number of nitrogens with zero attached hydrogens (tertiary/aromatic N) is 1. The maximum atomic E-state index is 11.5. The number of carbonyl (C=O) groups is 3. The Morgan fingerprint density at radius 1 is 0.808 bits per heavy atom. The highest BCUT2D eigenvalue weighted by atomic mass is 16.7. The normalized spacial score (nSPS) is 14.3. The third-order valence-electron chi connectivity index (χ3n) is 3.23. The van der Waals surface area contributed by atoms with Crippen LogP contribution in [0.25, 0.3) is 0 Å². The Kier molecular flexibility index (Phi) is 12.6. The first-order valence-electron chi connectivity index (χ1n) is 8.72. The second kappa shape index (κ2) is 14.6. The van der Waals surface area contributed by atoms with Gasteiger partial charge in [0.25, 0.3) is 11.8 Å². The molecule has 1 saturated heterocycles. The van der Waals surface area contributed by atoms with Crippen molar-refractivity contribution in [1.82, 2.24) is 5.06 Å². The molecule has 1 rings (SSSR count). The maximum absolute atomic E-state index is 11.5. The topological polar surface area (TPSA) is 127 Å². The quantitative estimate of drug-likeness (QED) is 0.277. The molecule has 0 saturated carbocycles. The molecule has 0 aliphatic carbocycles. The number of ether oxygens (including phenoxy) is 4. The van der Waals surface area contributed by atoms with Gasteiger partial charge in [0.05, 0.1) is 46.1 Å². The summed E-state index contributed by atoms with van der Waals surface area (Å²) < 4.78 is 21.1. The second-order valence-electron chi connectivity index (χ2n) is 5.39. The molecule has 2 amide bonds. The SMILES string of the molecule is NCCOCCOCCCOCCOCCC(=O)ON1C(=O)CCC1=O. The minimum atomic E-state index is -0.679. The van der Waals surface area contributed by atoms with E-state index in [1.165, 1.54) is 0 Å². The van der Waals surface area contributed by atoms with E-state index >= 15 is 0 Å². The van der Waals surface area contributed by atoms with E-state index < -0.39 is 17.8 Å². The first kappa shape index (κ1) is 22.5. The average molecular weight is 376 g/mol. The Morgan fingerprint density at radius 3 is 1.85 bits per heavy atom. The molecular weight excluding hydrogens is 348 g/mol. The van der Waals surface area contributed by atoms with Gasteiger partial charge in [-0.2, -0.15) is 0 Å². The van der Waals surface area contributed by atoms with Gasteiger partial charge in [0, 0.05) is 32.6 Å². The fourth-order valence-electron chi connectivity index (χ4n) is 1.95. The molecule has 0 spiro atoms. The summed E-state index contributed by atoms with van der Waals surface area (Å²) in [4.78, 5) is 38.8. The maximum Gasteiger partial charge on any atom is 0.335 e. The lowest BCUT2D eigenvalue weighted by Gasteiger charge is -2.12. The lowest BCUT2D eigenvalue weighted by atomic mass is 10.4. The van der Waals surface area contributed by atoms with Crippen molar-refractivity contribution in [1.29, 1.82) is 0 Å². The van der Waals surface area contributed by atoms with Crippen LogP contribution in [0.2, 0.25) is 0 Å². The molecule has 26 heavy (non-hydrogen) atoms. The van der Waals surface area contributed by atoms with Crippen molar-refractivity contribution in [2.24, 2.45) is 5.73 Å². The lowest BCUT2D eigenvalue weighted by molar-refractivity contribution is -0.198. The highest BCUT2D eigenvalue weighted by Gasteiger charge is 2.32. The largest absolute Gasteiger partial charge is 0.379 e. The summed E-state index contributed by atoms with van der Waals surface area (Å²) in [5.74, 6) is -1.67. The Labute approximate surface area is 152 Å². The van der Waals surface area contributed by atoms with Crippen LogP contribution in [-0.4, -0.2) is 82.2 Å². The van der Waals surface area contributed by atoms with Gasteiger partial charge in [0.1, 0.15) is 0 Å². The van der Waals surface area contributed by atoms with E-state index in [2.05, 4.69) is 0 Å². The number of rotatable bonds is 16. The Bertz CT molecular complexity index is 416. The van der Waals surface area contributed by atoms with Crippen LogP contribution in [0, 0.1) is 0 Å². The van der Waals surface area contributed by atoms with Gasteiger partial charge in [0.2, 0.25) is 0 Å². The molecule has 2 N–H and O–H groups in total. The molecule has 0 atom stereocenters. The summed E-state index contributed by atoms with van der Waals surface area (Å²) in [6, 6.07) is 0. The van der Waals surface area contributed by atoms with Gasteiger partial charge < -0.3 is 29.5 Å². The van der Waals surface area contributed by atoms with Crippen LogP contribution in [0.15, 0.2) is 0 Å². The van der Waals surface area contributed by atoms with Crippen molar-refractivity contribution in [3.63, 3.8) is 0 Å². The zero-order chi connectivity index (χ0) is 19.0. The number of hydroxylamine groups is 2. The molecular formula is C16H28N2O8. The van der Waals surface area contributed by atoms with Crippen molar-refractivity contribution < 1.29 is 38.2 Å². The van der Waals surface area contributed by atoms with E-state index in [-0.39, 0.29) is 25.9 Å². The molecule has 10 heteroatoms. The Hall–Kier alpha value is -1.59. The molecule has 150 valence electrons. The van der Waals surface area contributed by atoms with Crippen molar-refractivity contribution in [3.05, 3.63) is 0 Å². The summed E-state index contributed by atoms with van der Waals surface area (Å²) >= 11 is 0. The third-order valence-corrected chi connectivity index (χ3v) is 3.23. The molecule has 0 bridgehead atoms. The van der Waals surface area contributed by atoms with Gasteiger partial charge in [-0.1, -0.05) is 0 Å². The Balaban J connectivity index is 1.82. The zero-order valence-corrected chi connectivity index (χ0v) is 15.0. The summed E-state index contributed by atoms with van der Waals surface area (Å²) in [5.41, 5.74) is 5.28. The zero-order valence-electron chi connectivity index (χ0n) is 15.0. The molecule has 0 aromatic carbocycles. The van der Waals surface area contributed by atoms with E-state index in [4.69, 9.17) is 29.5 Å². The molecule has 1 fully saturated rings. The van der Waals surface area contributed by atoms with Crippen LogP contribution in [0.5, 0.6) is 0 Å². The van der Waals surface area contributed by atoms with Gasteiger partial charge in [-0.25, -0.2) is 4.79 Å². The van der Waals surface area contributed by atoms with Gasteiger partial charge in [-0.15, -0.1) is 5.06 Å². The number of imide groups is 1. The monoisotopic (exact) mass is 376 g/mol. The number of hydrogen-bond donors (Lipinski definition) is 1. The second-order valence-corrected chi connectivity index (χ2v) is 5.39. The minimum absolute atomic E-state index is 0.0445. The van der Waals surface area contributed by atoms with E-state index in [1.807, 2.05) is 0 Å². The minimum Gasteiger partial charge on any atom is -0.379 e. The molecule has 1 heterocycles. The van der Waals surface area contributed by atoms with Gasteiger partial charge in [0.15, 0.2) is 0 Å². The molecule has 0 radical (unpaired) electrons. The van der Waals surface area contributed by atoms with Crippen LogP contribution in [0.1, 0.15) is 25.7 Å². The average Bonchev–Trinajstić information content (AvgIpc) is 2.94. The summed E-state index contributed by atoms with van der Waals surface area (Å²) in [6.07, 6.45) is 0.873. The standard InChI is InChI=1S/C16H28N2O8/c17-5-9-25-13-11-23-7-1-6-22-10-12-24-8-4-16(21)26-18-14(19)2-3-15(18)20/h1-13,17H2. The number of amides is 2. The van der Waals surface area contributed by atoms with Crippen molar-refractivity contribution in [2.75, 3.05) is 59.4 Å². The first-order chi connectivity index (χ1) is 12.6. The van der Waals surface area contributed by atoms with Gasteiger partial charge in [-0.05, 0) is 6.42 Å². The first-order valence-corrected chi connectivity index (χ1v) is 8.72. The number of nitrogens with two attached hydrogens (primary N) is 1. The summed E-state index contributed by atoms with van der Waals surface area (Å²) in [6.45, 7) is 4.13. The highest BCUT2D eigenvalue weighted by molar-refractivity contribution is 6.01. The van der Waals surface area contributed by atoms with Gasteiger partial charge in [-0.3, -0.25) is 9.59 Å². The van der Waals surface area contributed by atoms with Crippen LogP contribution in [-0.2, 0) is 38.2 Å².